The number of furan rings is 1. The third-order valence-corrected chi connectivity index (χ3v) is 8.59. The zero-order valence-electron chi connectivity index (χ0n) is 21.7. The quantitative estimate of drug-likeness (QED) is 0.109. The molecule has 0 spiro atoms. The van der Waals surface area contributed by atoms with Crippen molar-refractivity contribution in [3.8, 4) is 5.75 Å². The summed E-state index contributed by atoms with van der Waals surface area (Å²) >= 11 is 8.65. The molecule has 0 saturated heterocycles. The molecule has 1 atom stereocenters. The molecule has 5 rings (SSSR count). The Labute approximate surface area is 244 Å². The minimum absolute atomic E-state index is 0.0158. The molecular weight excluding hydrogens is 570 g/mol. The third-order valence-electron chi connectivity index (χ3n) is 6.21. The van der Waals surface area contributed by atoms with Gasteiger partial charge in [-0.3, -0.25) is 14.5 Å². The first kappa shape index (κ1) is 27.9. The number of amides is 1. The van der Waals surface area contributed by atoms with Crippen LogP contribution in [0.2, 0.25) is 5.02 Å². The number of ketones is 1. The highest BCUT2D eigenvalue weighted by molar-refractivity contribution is 8.00. The minimum Gasteiger partial charge on any atom is -0.503 e. The van der Waals surface area contributed by atoms with E-state index in [0.717, 1.165) is 12.0 Å². The number of benzene rings is 2. The van der Waals surface area contributed by atoms with Crippen LogP contribution in [0, 0.1) is 5.92 Å². The number of carbonyl (C=O) groups is 2. The number of thioether (sulfide) groups is 1. The Bertz CT molecular complexity index is 1530. The number of aliphatic hydroxyl groups excluding tert-OH is 1. The third kappa shape index (κ3) is 6.09. The number of aliphatic hydroxyl groups is 1. The highest BCUT2D eigenvalue weighted by Crippen LogP contribution is 2.44. The largest absolute Gasteiger partial charge is 0.503 e. The summed E-state index contributed by atoms with van der Waals surface area (Å²) in [6.07, 6.45) is 2.24. The molecule has 0 radical (unpaired) electrons. The molecule has 0 bridgehead atoms. The normalized spacial score (nSPS) is 15.3. The number of carbonyl (C=O) groups excluding carboxylic acids is 2. The molecule has 1 N–H and O–H groups in total. The fourth-order valence-corrected chi connectivity index (χ4v) is 6.11. The Morgan fingerprint density at radius 3 is 2.70 bits per heavy atom. The van der Waals surface area contributed by atoms with Crippen LogP contribution >= 0.6 is 34.7 Å². The average Bonchev–Trinajstić information content (AvgIpc) is 3.69. The summed E-state index contributed by atoms with van der Waals surface area (Å²) < 4.78 is 11.9. The van der Waals surface area contributed by atoms with E-state index in [1.54, 1.807) is 24.3 Å². The number of hydrogen-bond acceptors (Lipinski definition) is 9. The summed E-state index contributed by atoms with van der Waals surface area (Å²) in [5, 5.41) is 20.4. The second kappa shape index (κ2) is 12.3. The zero-order chi connectivity index (χ0) is 28.2. The van der Waals surface area contributed by atoms with Gasteiger partial charge < -0.3 is 14.3 Å². The van der Waals surface area contributed by atoms with E-state index < -0.39 is 23.5 Å². The van der Waals surface area contributed by atoms with Crippen molar-refractivity contribution in [1.82, 2.24) is 10.2 Å². The number of halogens is 1. The van der Waals surface area contributed by atoms with Gasteiger partial charge in [-0.1, -0.05) is 72.8 Å². The topological polar surface area (TPSA) is 106 Å². The van der Waals surface area contributed by atoms with Crippen molar-refractivity contribution < 1.29 is 23.8 Å². The second-order valence-electron chi connectivity index (χ2n) is 9.52. The molecule has 2 aromatic heterocycles. The van der Waals surface area contributed by atoms with Gasteiger partial charge in [0.15, 0.2) is 15.9 Å². The van der Waals surface area contributed by atoms with Crippen LogP contribution in [0.3, 0.4) is 0 Å². The summed E-state index contributed by atoms with van der Waals surface area (Å²) in [5.74, 6) is -0.256. The molecule has 0 fully saturated rings. The number of nitrogens with zero attached hydrogens (tertiary/aromatic N) is 3. The summed E-state index contributed by atoms with van der Waals surface area (Å²) in [5.41, 5.74) is 1.55. The maximum Gasteiger partial charge on any atom is 0.296 e. The standard InChI is InChI=1S/C29H26ClN3O5S2/c1-17(2)12-14-37-21-6-3-5-19(15-21)24-23(25(34)22-7-4-13-38-22)26(35)27(36)33(24)28-31-32-29(40-28)39-16-18-8-10-20(30)11-9-18/h3-11,13,15,17,24,35H,12,14,16H2,1-2H3. The van der Waals surface area contributed by atoms with Gasteiger partial charge >= 0.3 is 0 Å². The van der Waals surface area contributed by atoms with Gasteiger partial charge in [-0.15, -0.1) is 10.2 Å². The monoisotopic (exact) mass is 595 g/mol. The maximum absolute atomic E-state index is 13.5. The van der Waals surface area contributed by atoms with Crippen LogP contribution in [0.25, 0.3) is 0 Å². The lowest BCUT2D eigenvalue weighted by Gasteiger charge is -2.24. The van der Waals surface area contributed by atoms with E-state index >= 15 is 0 Å². The van der Waals surface area contributed by atoms with Crippen molar-refractivity contribution >= 4 is 51.5 Å². The highest BCUT2D eigenvalue weighted by Gasteiger charge is 2.46. The van der Waals surface area contributed by atoms with Crippen LogP contribution < -0.4 is 9.64 Å². The number of ether oxygens (including phenoxy) is 1. The highest BCUT2D eigenvalue weighted by atomic mass is 35.5. The van der Waals surface area contributed by atoms with Crippen LogP contribution in [0.15, 0.2) is 87.0 Å². The van der Waals surface area contributed by atoms with Gasteiger partial charge in [0.1, 0.15) is 5.75 Å². The molecule has 40 heavy (non-hydrogen) atoms. The molecule has 11 heteroatoms. The maximum atomic E-state index is 13.5. The molecule has 206 valence electrons. The Balaban J connectivity index is 1.47. The summed E-state index contributed by atoms with van der Waals surface area (Å²) in [6.45, 7) is 4.76. The lowest BCUT2D eigenvalue weighted by Crippen LogP contribution is -2.31. The van der Waals surface area contributed by atoms with Crippen molar-refractivity contribution in [3.63, 3.8) is 0 Å². The minimum atomic E-state index is -0.958. The van der Waals surface area contributed by atoms with E-state index in [0.29, 0.717) is 39.0 Å². The van der Waals surface area contributed by atoms with E-state index in [1.165, 1.54) is 40.3 Å². The van der Waals surface area contributed by atoms with Gasteiger partial charge in [-0.05, 0) is 59.9 Å². The fourth-order valence-electron chi connectivity index (χ4n) is 4.16. The van der Waals surface area contributed by atoms with E-state index in [2.05, 4.69) is 24.0 Å². The number of Topliss-reactive ketones (excluding diaryl/α,β-unsaturated/α-hetero) is 1. The lowest BCUT2D eigenvalue weighted by atomic mass is 9.95. The van der Waals surface area contributed by atoms with Crippen molar-refractivity contribution in [1.29, 1.82) is 0 Å². The Kier molecular flexibility index (Phi) is 8.58. The molecule has 0 aliphatic carbocycles. The average molecular weight is 596 g/mol. The van der Waals surface area contributed by atoms with Crippen LogP contribution in [0.5, 0.6) is 5.75 Å². The first-order valence-electron chi connectivity index (χ1n) is 12.6. The van der Waals surface area contributed by atoms with E-state index in [4.69, 9.17) is 20.8 Å². The molecule has 1 amide bonds. The first-order chi connectivity index (χ1) is 19.3. The lowest BCUT2D eigenvalue weighted by molar-refractivity contribution is -0.117. The molecule has 1 aliphatic heterocycles. The van der Waals surface area contributed by atoms with Gasteiger partial charge in [-0.25, -0.2) is 0 Å². The van der Waals surface area contributed by atoms with Gasteiger partial charge in [0.2, 0.25) is 10.9 Å². The number of aromatic nitrogens is 2. The molecule has 4 aromatic rings. The van der Waals surface area contributed by atoms with Gasteiger partial charge in [0.05, 0.1) is 24.5 Å². The van der Waals surface area contributed by atoms with Crippen LogP contribution in [-0.4, -0.2) is 33.6 Å². The van der Waals surface area contributed by atoms with Crippen LogP contribution in [0.1, 0.15) is 48.0 Å². The van der Waals surface area contributed by atoms with Crippen molar-refractivity contribution in [2.45, 2.75) is 36.4 Å². The molecule has 0 saturated carbocycles. The predicted octanol–water partition coefficient (Wildman–Crippen LogP) is 7.28. The van der Waals surface area contributed by atoms with Crippen molar-refractivity contribution in [3.05, 3.63) is 100 Å². The van der Waals surface area contributed by atoms with E-state index in [1.807, 2.05) is 30.3 Å². The summed E-state index contributed by atoms with van der Waals surface area (Å²) in [7, 11) is 0. The van der Waals surface area contributed by atoms with Crippen LogP contribution in [0.4, 0.5) is 5.13 Å². The Morgan fingerprint density at radius 2 is 1.98 bits per heavy atom. The Hall–Kier alpha value is -3.60. The molecule has 2 aromatic carbocycles. The molecular formula is C29H26ClN3O5S2. The summed E-state index contributed by atoms with van der Waals surface area (Å²) in [6, 6.07) is 16.8. The zero-order valence-corrected chi connectivity index (χ0v) is 24.1. The van der Waals surface area contributed by atoms with Gasteiger partial charge in [-0.2, -0.15) is 0 Å². The van der Waals surface area contributed by atoms with E-state index in [-0.39, 0.29) is 16.5 Å². The molecule has 1 unspecified atom stereocenters. The van der Waals surface area contributed by atoms with Crippen molar-refractivity contribution in [2.75, 3.05) is 11.5 Å². The smallest absolute Gasteiger partial charge is 0.296 e. The molecule has 8 nitrogen and oxygen atoms in total. The predicted molar refractivity (Wildman–Crippen MR) is 155 cm³/mol. The number of hydrogen-bond donors (Lipinski definition) is 1. The van der Waals surface area contributed by atoms with Crippen molar-refractivity contribution in [2.24, 2.45) is 5.92 Å². The fraction of sp³-hybridized carbons (Fsp3) is 0.241. The number of rotatable bonds is 11. The first-order valence-corrected chi connectivity index (χ1v) is 14.8. The van der Waals surface area contributed by atoms with Crippen LogP contribution in [-0.2, 0) is 10.5 Å². The van der Waals surface area contributed by atoms with E-state index in [9.17, 15) is 14.7 Å². The molecule has 1 aliphatic rings. The van der Waals surface area contributed by atoms with Gasteiger partial charge in [0, 0.05) is 10.8 Å². The second-order valence-corrected chi connectivity index (χ2v) is 12.1. The summed E-state index contributed by atoms with van der Waals surface area (Å²) in [4.78, 5) is 28.2. The Morgan fingerprint density at radius 1 is 1.18 bits per heavy atom. The SMILES string of the molecule is CC(C)CCOc1cccc(C2C(C(=O)c3ccco3)=C(O)C(=O)N2c2nnc(SCc3ccc(Cl)cc3)s2)c1. The molecule has 3 heterocycles. The van der Waals surface area contributed by atoms with Gasteiger partial charge in [0.25, 0.3) is 5.91 Å². The number of anilines is 1.